The highest BCUT2D eigenvalue weighted by atomic mass is 16.5. The first kappa shape index (κ1) is 33.7. The summed E-state index contributed by atoms with van der Waals surface area (Å²) in [5, 5.41) is 7.23. The zero-order chi connectivity index (χ0) is 39.2. The fourth-order valence-electron chi connectivity index (χ4n) is 9.91. The van der Waals surface area contributed by atoms with E-state index in [1.54, 1.807) is 0 Å². The molecule has 0 saturated heterocycles. The van der Waals surface area contributed by atoms with E-state index in [4.69, 9.17) is 4.74 Å². The van der Waals surface area contributed by atoms with Crippen LogP contribution in [-0.4, -0.2) is 0 Å². The molecule has 2 heteroatoms. The first-order valence-corrected chi connectivity index (χ1v) is 20.5. The van der Waals surface area contributed by atoms with E-state index in [2.05, 4.69) is 219 Å². The van der Waals surface area contributed by atoms with Gasteiger partial charge in [0.2, 0.25) is 0 Å². The number of benzene rings is 10. The highest BCUT2D eigenvalue weighted by molar-refractivity contribution is 6.15. The van der Waals surface area contributed by atoms with Gasteiger partial charge in [-0.15, -0.1) is 0 Å². The van der Waals surface area contributed by atoms with Gasteiger partial charge in [-0.05, 0) is 120 Å². The van der Waals surface area contributed by atoms with E-state index in [0.29, 0.717) is 0 Å². The molecule has 278 valence electrons. The molecule has 1 aliphatic carbocycles. The van der Waals surface area contributed by atoms with Crippen LogP contribution in [0.4, 0.5) is 17.1 Å². The van der Waals surface area contributed by atoms with Gasteiger partial charge in [0.15, 0.2) is 5.75 Å². The Morgan fingerprint density at radius 1 is 0.373 bits per heavy atom. The summed E-state index contributed by atoms with van der Waals surface area (Å²) in [6, 6.07) is 73.2. The third-order valence-electron chi connectivity index (χ3n) is 12.8. The second kappa shape index (κ2) is 12.8. The van der Waals surface area contributed by atoms with Crippen LogP contribution < -0.4 is 9.64 Å². The maximum absolute atomic E-state index is 7.40. The molecule has 0 spiro atoms. The van der Waals surface area contributed by atoms with Crippen LogP contribution >= 0.6 is 0 Å². The third-order valence-corrected chi connectivity index (χ3v) is 12.8. The average Bonchev–Trinajstić information content (AvgIpc) is 3.42. The summed E-state index contributed by atoms with van der Waals surface area (Å²) >= 11 is 0. The Balaban J connectivity index is 1.16. The minimum Gasteiger partial charge on any atom is -0.454 e. The quantitative estimate of drug-likeness (QED) is 0.166. The van der Waals surface area contributed by atoms with Crippen molar-refractivity contribution in [2.75, 3.05) is 4.90 Å². The summed E-state index contributed by atoms with van der Waals surface area (Å²) in [5.41, 5.74) is 15.1. The Labute approximate surface area is 344 Å². The van der Waals surface area contributed by atoms with Crippen molar-refractivity contribution in [3.63, 3.8) is 0 Å². The lowest BCUT2D eigenvalue weighted by atomic mass is 9.82. The van der Waals surface area contributed by atoms with Gasteiger partial charge in [0.05, 0.1) is 11.4 Å². The molecule has 59 heavy (non-hydrogen) atoms. The van der Waals surface area contributed by atoms with E-state index in [-0.39, 0.29) is 5.41 Å². The fraction of sp³-hybridized carbons (Fsp3) is 0.0526. The third kappa shape index (κ3) is 5.13. The number of anilines is 3. The van der Waals surface area contributed by atoms with Gasteiger partial charge < -0.3 is 9.64 Å². The van der Waals surface area contributed by atoms with Crippen LogP contribution in [-0.2, 0) is 5.41 Å². The first-order chi connectivity index (χ1) is 29.0. The van der Waals surface area contributed by atoms with Crippen molar-refractivity contribution < 1.29 is 4.74 Å². The van der Waals surface area contributed by atoms with Gasteiger partial charge in [0.25, 0.3) is 0 Å². The monoisotopic (exact) mass is 753 g/mol. The molecule has 0 unspecified atom stereocenters. The number of hydrogen-bond donors (Lipinski definition) is 0. The SMILES string of the molecule is CC1(C)c2ccccc2-c2ccc(N(c3cccc4c3Oc3ccc(-c5ccccc5)cc3-c3cc5ccccc5cc3-4)c3cc4ccccc4c4ccccc34)cc21. The molecule has 1 aliphatic heterocycles. The predicted molar refractivity (Wildman–Crippen MR) is 248 cm³/mol. The van der Waals surface area contributed by atoms with Crippen LogP contribution in [0, 0.1) is 0 Å². The lowest BCUT2D eigenvalue weighted by molar-refractivity contribution is 0.489. The standard InChI is InChI=1S/C57H39NO/c1-57(2)51-25-13-12-22-44(51)45-29-28-41(35-52(45)57)58(54-34-40-19-8-9-20-42(40)43-21-10-11-23-46(43)54)53-26-14-24-47-48-31-37-17-6-7-18-38(37)32-49(48)50-33-39(36-15-4-3-5-16-36)27-30-55(50)59-56(47)53/h3-35H,1-2H3. The van der Waals surface area contributed by atoms with Gasteiger partial charge in [-0.1, -0.05) is 166 Å². The molecule has 0 radical (unpaired) electrons. The first-order valence-electron chi connectivity index (χ1n) is 20.5. The Morgan fingerprint density at radius 3 is 1.83 bits per heavy atom. The second-order valence-corrected chi connectivity index (χ2v) is 16.5. The minimum atomic E-state index is -0.168. The molecule has 0 atom stereocenters. The Morgan fingerprint density at radius 2 is 1.02 bits per heavy atom. The molecule has 0 saturated carbocycles. The van der Waals surface area contributed by atoms with Crippen LogP contribution in [0.25, 0.3) is 76.8 Å². The number of nitrogens with zero attached hydrogens (tertiary/aromatic N) is 1. The number of hydrogen-bond acceptors (Lipinski definition) is 2. The maximum atomic E-state index is 7.40. The molecule has 0 fully saturated rings. The van der Waals surface area contributed by atoms with E-state index < -0.39 is 0 Å². The summed E-state index contributed by atoms with van der Waals surface area (Å²) in [5.74, 6) is 1.66. The van der Waals surface area contributed by atoms with Crippen LogP contribution in [0.15, 0.2) is 200 Å². The van der Waals surface area contributed by atoms with Crippen molar-refractivity contribution >= 4 is 49.4 Å². The van der Waals surface area contributed by atoms with Crippen molar-refractivity contribution in [1.82, 2.24) is 0 Å². The summed E-state index contributed by atoms with van der Waals surface area (Å²) in [4.78, 5) is 2.46. The van der Waals surface area contributed by atoms with Gasteiger partial charge in [0, 0.05) is 27.6 Å². The largest absolute Gasteiger partial charge is 0.454 e. The molecule has 2 aliphatic rings. The summed E-state index contributed by atoms with van der Waals surface area (Å²) < 4.78 is 7.40. The van der Waals surface area contributed by atoms with Gasteiger partial charge in [-0.25, -0.2) is 0 Å². The molecular formula is C57H39NO. The normalized spacial score (nSPS) is 13.2. The summed E-state index contributed by atoms with van der Waals surface area (Å²) in [6.07, 6.45) is 0. The second-order valence-electron chi connectivity index (χ2n) is 16.5. The van der Waals surface area contributed by atoms with Gasteiger partial charge in [0.1, 0.15) is 5.75 Å². The molecule has 0 N–H and O–H groups in total. The Hall–Kier alpha value is -7.42. The fourth-order valence-corrected chi connectivity index (χ4v) is 9.91. The Kier molecular flexibility index (Phi) is 7.31. The molecule has 0 aromatic heterocycles. The van der Waals surface area contributed by atoms with Crippen molar-refractivity contribution in [3.8, 4) is 56.0 Å². The average molecular weight is 754 g/mol. The van der Waals surface area contributed by atoms with Crippen molar-refractivity contribution in [1.29, 1.82) is 0 Å². The minimum absolute atomic E-state index is 0.168. The Bertz CT molecular complexity index is 3340. The van der Waals surface area contributed by atoms with Gasteiger partial charge >= 0.3 is 0 Å². The van der Waals surface area contributed by atoms with E-state index >= 15 is 0 Å². The summed E-state index contributed by atoms with van der Waals surface area (Å²) in [7, 11) is 0. The van der Waals surface area contributed by atoms with Crippen LogP contribution in [0.5, 0.6) is 11.5 Å². The molecule has 2 nitrogen and oxygen atoms in total. The van der Waals surface area contributed by atoms with E-state index in [1.165, 1.54) is 60.1 Å². The lowest BCUT2D eigenvalue weighted by Gasteiger charge is -2.31. The van der Waals surface area contributed by atoms with Crippen molar-refractivity contribution in [3.05, 3.63) is 211 Å². The van der Waals surface area contributed by atoms with Gasteiger partial charge in [-0.3, -0.25) is 0 Å². The summed E-state index contributed by atoms with van der Waals surface area (Å²) in [6.45, 7) is 4.72. The smallest absolute Gasteiger partial charge is 0.159 e. The molecule has 0 amide bonds. The maximum Gasteiger partial charge on any atom is 0.159 e. The van der Waals surface area contributed by atoms with Gasteiger partial charge in [-0.2, -0.15) is 0 Å². The number of para-hydroxylation sites is 1. The number of fused-ring (bicyclic) bond motifs is 12. The van der Waals surface area contributed by atoms with E-state index in [0.717, 1.165) is 56.4 Å². The molecule has 0 bridgehead atoms. The van der Waals surface area contributed by atoms with Crippen molar-refractivity contribution in [2.45, 2.75) is 19.3 Å². The molecule has 10 aromatic rings. The highest BCUT2D eigenvalue weighted by Gasteiger charge is 2.36. The zero-order valence-corrected chi connectivity index (χ0v) is 32.9. The number of rotatable bonds is 4. The molecule has 12 rings (SSSR count). The highest BCUT2D eigenvalue weighted by Crippen LogP contribution is 2.56. The molecule has 1 heterocycles. The van der Waals surface area contributed by atoms with Crippen LogP contribution in [0.2, 0.25) is 0 Å². The topological polar surface area (TPSA) is 12.5 Å². The molecule has 10 aromatic carbocycles. The number of ether oxygens (including phenoxy) is 1. The van der Waals surface area contributed by atoms with Crippen LogP contribution in [0.1, 0.15) is 25.0 Å². The van der Waals surface area contributed by atoms with Crippen LogP contribution in [0.3, 0.4) is 0 Å². The zero-order valence-electron chi connectivity index (χ0n) is 32.9. The van der Waals surface area contributed by atoms with E-state index in [9.17, 15) is 0 Å². The lowest BCUT2D eigenvalue weighted by Crippen LogP contribution is -2.17. The van der Waals surface area contributed by atoms with Crippen molar-refractivity contribution in [2.24, 2.45) is 0 Å². The predicted octanol–water partition coefficient (Wildman–Crippen LogP) is 16.0. The molecular weight excluding hydrogens is 715 g/mol. The van der Waals surface area contributed by atoms with E-state index in [1.807, 2.05) is 0 Å².